The van der Waals surface area contributed by atoms with Crippen molar-refractivity contribution in [3.8, 4) is 5.75 Å². The zero-order chi connectivity index (χ0) is 15.4. The Balaban J connectivity index is 2.17. The summed E-state index contributed by atoms with van der Waals surface area (Å²) in [5, 5.41) is 10.1. The van der Waals surface area contributed by atoms with E-state index in [1.807, 2.05) is 42.3 Å². The average Bonchev–Trinajstić information content (AvgIpc) is 2.43. The third-order valence-corrected chi connectivity index (χ3v) is 3.27. The summed E-state index contributed by atoms with van der Waals surface area (Å²) >= 11 is 0. The van der Waals surface area contributed by atoms with Crippen LogP contribution in [0.25, 0.3) is 0 Å². The van der Waals surface area contributed by atoms with Crippen LogP contribution in [0.15, 0.2) is 42.5 Å². The number of carbonyl (C=O) groups is 1. The summed E-state index contributed by atoms with van der Waals surface area (Å²) in [5.41, 5.74) is 1.57. The molecule has 0 heterocycles. The summed E-state index contributed by atoms with van der Waals surface area (Å²) in [6, 6.07) is 12.2. The van der Waals surface area contributed by atoms with Gasteiger partial charge in [-0.2, -0.15) is 0 Å². The molecular formula is C17H18FNO2. The Hall–Kier alpha value is -2.20. The van der Waals surface area contributed by atoms with Crippen molar-refractivity contribution in [3.63, 3.8) is 0 Å². The van der Waals surface area contributed by atoms with Crippen molar-refractivity contribution in [2.45, 2.75) is 20.0 Å². The molecule has 0 radical (unpaired) electrons. The van der Waals surface area contributed by atoms with Crippen LogP contribution in [-0.4, -0.2) is 22.8 Å². The number of carbonyl (C=O) groups excluding carboxylic acids is 1. The first-order valence-corrected chi connectivity index (χ1v) is 6.72. The van der Waals surface area contributed by atoms with Crippen LogP contribution in [-0.2, 0) is 13.1 Å². The van der Waals surface area contributed by atoms with Gasteiger partial charge in [0, 0.05) is 18.7 Å². The van der Waals surface area contributed by atoms with E-state index in [-0.39, 0.29) is 17.1 Å². The lowest BCUT2D eigenvalue weighted by Crippen LogP contribution is -2.17. The molecule has 3 nitrogen and oxygen atoms in total. The molecule has 0 atom stereocenters. The van der Waals surface area contributed by atoms with E-state index in [0.29, 0.717) is 18.7 Å². The van der Waals surface area contributed by atoms with Gasteiger partial charge < -0.3 is 5.11 Å². The van der Waals surface area contributed by atoms with Gasteiger partial charge in [-0.05, 0) is 31.7 Å². The van der Waals surface area contributed by atoms with Crippen LogP contribution in [0.3, 0.4) is 0 Å². The second-order valence-electron chi connectivity index (χ2n) is 5.18. The van der Waals surface area contributed by atoms with Crippen LogP contribution in [0.2, 0.25) is 0 Å². The summed E-state index contributed by atoms with van der Waals surface area (Å²) in [6.07, 6.45) is 0. The summed E-state index contributed by atoms with van der Waals surface area (Å²) in [6.45, 7) is 2.34. The topological polar surface area (TPSA) is 40.5 Å². The number of phenolic OH excluding ortho intramolecular Hbond substituents is 1. The minimum absolute atomic E-state index is 0.0260. The van der Waals surface area contributed by atoms with Crippen molar-refractivity contribution < 1.29 is 14.3 Å². The predicted octanol–water partition coefficient (Wildman–Crippen LogP) is 3.37. The normalized spacial score (nSPS) is 10.9. The number of Topliss-reactive ketones (excluding diaryl/α,β-unsaturated/α-hetero) is 1. The van der Waals surface area contributed by atoms with Crippen LogP contribution >= 0.6 is 0 Å². The fourth-order valence-electron chi connectivity index (χ4n) is 2.29. The third-order valence-electron chi connectivity index (χ3n) is 3.27. The van der Waals surface area contributed by atoms with Gasteiger partial charge >= 0.3 is 0 Å². The van der Waals surface area contributed by atoms with E-state index in [4.69, 9.17) is 0 Å². The molecular weight excluding hydrogens is 269 g/mol. The molecule has 0 unspecified atom stereocenters. The number of nitrogens with zero attached hydrogens (tertiary/aromatic N) is 1. The molecule has 110 valence electrons. The SMILES string of the molecule is CC(=O)c1cc(F)cc(CN(C)Cc2ccccc2)c1O. The smallest absolute Gasteiger partial charge is 0.163 e. The maximum Gasteiger partial charge on any atom is 0.163 e. The fourth-order valence-corrected chi connectivity index (χ4v) is 2.29. The first-order valence-electron chi connectivity index (χ1n) is 6.72. The van der Waals surface area contributed by atoms with Crippen molar-refractivity contribution in [1.82, 2.24) is 4.90 Å². The highest BCUT2D eigenvalue weighted by Gasteiger charge is 2.15. The fraction of sp³-hybridized carbons (Fsp3) is 0.235. The minimum atomic E-state index is -0.513. The molecule has 0 aliphatic carbocycles. The molecule has 0 amide bonds. The summed E-state index contributed by atoms with van der Waals surface area (Å²) in [4.78, 5) is 13.4. The number of halogens is 1. The number of hydrogen-bond donors (Lipinski definition) is 1. The van der Waals surface area contributed by atoms with Gasteiger partial charge in [0.2, 0.25) is 0 Å². The Morgan fingerprint density at radius 3 is 2.48 bits per heavy atom. The third kappa shape index (κ3) is 3.89. The molecule has 0 bridgehead atoms. The van der Waals surface area contributed by atoms with Gasteiger partial charge in [0.25, 0.3) is 0 Å². The van der Waals surface area contributed by atoms with Gasteiger partial charge in [-0.15, -0.1) is 0 Å². The molecule has 4 heteroatoms. The zero-order valence-corrected chi connectivity index (χ0v) is 12.1. The van der Waals surface area contributed by atoms with E-state index in [1.54, 1.807) is 0 Å². The highest BCUT2D eigenvalue weighted by molar-refractivity contribution is 5.97. The van der Waals surface area contributed by atoms with Crippen molar-refractivity contribution in [2.24, 2.45) is 0 Å². The van der Waals surface area contributed by atoms with Crippen molar-refractivity contribution in [2.75, 3.05) is 7.05 Å². The Labute approximate surface area is 123 Å². The highest BCUT2D eigenvalue weighted by atomic mass is 19.1. The average molecular weight is 287 g/mol. The van der Waals surface area contributed by atoms with Gasteiger partial charge in [0.15, 0.2) is 5.78 Å². The number of rotatable bonds is 5. The Morgan fingerprint density at radius 1 is 1.19 bits per heavy atom. The van der Waals surface area contributed by atoms with Gasteiger partial charge in [-0.3, -0.25) is 9.69 Å². The second-order valence-corrected chi connectivity index (χ2v) is 5.18. The molecule has 0 aliphatic rings. The molecule has 0 aliphatic heterocycles. The van der Waals surface area contributed by atoms with E-state index in [2.05, 4.69) is 0 Å². The van der Waals surface area contributed by atoms with Crippen LogP contribution in [0, 0.1) is 5.82 Å². The maximum absolute atomic E-state index is 13.6. The quantitative estimate of drug-likeness (QED) is 0.857. The largest absolute Gasteiger partial charge is 0.507 e. The molecule has 0 aromatic heterocycles. The molecule has 1 N–H and O–H groups in total. The van der Waals surface area contributed by atoms with Gasteiger partial charge in [-0.25, -0.2) is 4.39 Å². The molecule has 2 rings (SSSR count). The van der Waals surface area contributed by atoms with Gasteiger partial charge in [0.05, 0.1) is 5.56 Å². The summed E-state index contributed by atoms with van der Waals surface area (Å²) in [7, 11) is 1.88. The molecule has 21 heavy (non-hydrogen) atoms. The Kier molecular flexibility index (Phi) is 4.70. The number of aromatic hydroxyl groups is 1. The zero-order valence-electron chi connectivity index (χ0n) is 12.1. The van der Waals surface area contributed by atoms with Crippen LogP contribution in [0.1, 0.15) is 28.4 Å². The first-order chi connectivity index (χ1) is 9.97. The molecule has 0 saturated carbocycles. The standard InChI is InChI=1S/C17H18FNO2/c1-12(20)16-9-15(18)8-14(17(16)21)11-19(2)10-13-6-4-3-5-7-13/h3-9,21H,10-11H2,1-2H3. The molecule has 0 saturated heterocycles. The molecule has 0 fully saturated rings. The lowest BCUT2D eigenvalue weighted by molar-refractivity contribution is 0.101. The minimum Gasteiger partial charge on any atom is -0.507 e. The van der Waals surface area contributed by atoms with Crippen LogP contribution in [0.5, 0.6) is 5.75 Å². The van der Waals surface area contributed by atoms with E-state index >= 15 is 0 Å². The van der Waals surface area contributed by atoms with E-state index in [9.17, 15) is 14.3 Å². The lowest BCUT2D eigenvalue weighted by atomic mass is 10.0. The van der Waals surface area contributed by atoms with E-state index in [0.717, 1.165) is 11.6 Å². The summed E-state index contributed by atoms with van der Waals surface area (Å²) < 4.78 is 13.6. The maximum atomic E-state index is 13.6. The molecule has 2 aromatic rings. The van der Waals surface area contributed by atoms with Gasteiger partial charge in [-0.1, -0.05) is 30.3 Å². The van der Waals surface area contributed by atoms with E-state index in [1.165, 1.54) is 13.0 Å². The predicted molar refractivity (Wildman–Crippen MR) is 79.7 cm³/mol. The lowest BCUT2D eigenvalue weighted by Gasteiger charge is -2.18. The number of ketones is 1. The monoisotopic (exact) mass is 287 g/mol. The van der Waals surface area contributed by atoms with Crippen molar-refractivity contribution in [1.29, 1.82) is 0 Å². The van der Waals surface area contributed by atoms with Gasteiger partial charge in [0.1, 0.15) is 11.6 Å². The Bertz CT molecular complexity index is 641. The molecule has 0 spiro atoms. The van der Waals surface area contributed by atoms with E-state index < -0.39 is 5.82 Å². The number of hydrogen-bond acceptors (Lipinski definition) is 3. The van der Waals surface area contributed by atoms with Crippen LogP contribution in [0.4, 0.5) is 4.39 Å². The van der Waals surface area contributed by atoms with Crippen molar-refractivity contribution in [3.05, 3.63) is 65.0 Å². The summed E-state index contributed by atoms with van der Waals surface area (Å²) in [5.74, 6) is -0.996. The second kappa shape index (κ2) is 6.50. The number of phenols is 1. The van der Waals surface area contributed by atoms with Crippen LogP contribution < -0.4 is 0 Å². The van der Waals surface area contributed by atoms with Crippen molar-refractivity contribution >= 4 is 5.78 Å². The number of benzene rings is 2. The molecule has 2 aromatic carbocycles. The highest BCUT2D eigenvalue weighted by Crippen LogP contribution is 2.26. The Morgan fingerprint density at radius 2 is 1.86 bits per heavy atom. The first kappa shape index (κ1) is 15.2.